The first kappa shape index (κ1) is 15.7. The summed E-state index contributed by atoms with van der Waals surface area (Å²) in [6, 6.07) is 0. The largest absolute Gasteiger partial charge is 1.00 e. The Hall–Kier alpha value is 1.92. The summed E-state index contributed by atoms with van der Waals surface area (Å²) in [7, 11) is 0. The molecule has 0 saturated carbocycles. The van der Waals surface area contributed by atoms with E-state index in [4.69, 9.17) is 11.5 Å². The standard InChI is InChI=1S/C2H6N2.2Na/c3-1-2-4;;/h3-4H,1-2H2;;/q-2;2*+1. The van der Waals surface area contributed by atoms with Crippen molar-refractivity contribution in [3.8, 4) is 0 Å². The van der Waals surface area contributed by atoms with Gasteiger partial charge in [0.25, 0.3) is 0 Å². The Kier molecular flexibility index (Phi) is 41.2. The van der Waals surface area contributed by atoms with Crippen LogP contribution in [0, 0.1) is 0 Å². The maximum atomic E-state index is 6.26. The molecule has 0 aromatic rings. The fourth-order valence-electron chi connectivity index (χ4n) is 0. The molecule has 0 aliphatic rings. The van der Waals surface area contributed by atoms with Crippen LogP contribution in [0.25, 0.3) is 11.5 Å². The first-order chi connectivity index (χ1) is 1.91. The summed E-state index contributed by atoms with van der Waals surface area (Å²) in [5.74, 6) is 0. The Morgan fingerprint density at radius 1 is 0.833 bits per heavy atom. The summed E-state index contributed by atoms with van der Waals surface area (Å²) < 4.78 is 0. The SMILES string of the molecule is [NH-]CC[NH-].[Na+].[Na+]. The van der Waals surface area contributed by atoms with Gasteiger partial charge in [-0.15, -0.1) is 0 Å². The first-order valence-corrected chi connectivity index (χ1v) is 1.21. The van der Waals surface area contributed by atoms with Crippen LogP contribution < -0.4 is 59.1 Å². The van der Waals surface area contributed by atoms with Crippen molar-refractivity contribution >= 4 is 0 Å². The molecule has 2 N–H and O–H groups in total. The van der Waals surface area contributed by atoms with Crippen molar-refractivity contribution in [3.63, 3.8) is 0 Å². The molecule has 0 aliphatic carbocycles. The zero-order valence-electron chi connectivity index (χ0n) is 4.41. The molecule has 2 nitrogen and oxygen atoms in total. The van der Waals surface area contributed by atoms with Crippen LogP contribution in [-0.2, 0) is 0 Å². The second-order valence-corrected chi connectivity index (χ2v) is 0.500. The minimum atomic E-state index is 0. The van der Waals surface area contributed by atoms with Crippen molar-refractivity contribution in [1.29, 1.82) is 0 Å². The van der Waals surface area contributed by atoms with E-state index >= 15 is 0 Å². The summed E-state index contributed by atoms with van der Waals surface area (Å²) in [5.41, 5.74) is 12.5. The Labute approximate surface area is 82.6 Å². The first-order valence-electron chi connectivity index (χ1n) is 1.21. The molecule has 0 bridgehead atoms. The van der Waals surface area contributed by atoms with Crippen LogP contribution in [0.4, 0.5) is 0 Å². The van der Waals surface area contributed by atoms with E-state index in [2.05, 4.69) is 0 Å². The Morgan fingerprint density at radius 2 is 1.00 bits per heavy atom. The van der Waals surface area contributed by atoms with E-state index in [-0.39, 0.29) is 72.2 Å². The predicted octanol–water partition coefficient (Wildman–Crippen LogP) is -4.90. The molecule has 0 aliphatic heterocycles. The van der Waals surface area contributed by atoms with Crippen molar-refractivity contribution < 1.29 is 59.1 Å². The van der Waals surface area contributed by atoms with Crippen LogP contribution in [-0.4, -0.2) is 13.1 Å². The van der Waals surface area contributed by atoms with Gasteiger partial charge in [0.15, 0.2) is 0 Å². The maximum absolute atomic E-state index is 6.26. The minimum absolute atomic E-state index is 0. The Bertz CT molecular complexity index is 11.5. The van der Waals surface area contributed by atoms with Gasteiger partial charge in [-0.25, -0.2) is 0 Å². The zero-order valence-corrected chi connectivity index (χ0v) is 8.41. The smallest absolute Gasteiger partial charge is 0.679 e. The van der Waals surface area contributed by atoms with Gasteiger partial charge in [0.1, 0.15) is 0 Å². The minimum Gasteiger partial charge on any atom is -0.679 e. The number of rotatable bonds is 1. The van der Waals surface area contributed by atoms with Gasteiger partial charge in [-0.2, -0.15) is 13.1 Å². The van der Waals surface area contributed by atoms with Crippen LogP contribution in [0.3, 0.4) is 0 Å². The van der Waals surface area contributed by atoms with E-state index in [9.17, 15) is 0 Å². The third-order valence-corrected chi connectivity index (χ3v) is 0.125. The van der Waals surface area contributed by atoms with E-state index in [1.807, 2.05) is 0 Å². The Morgan fingerprint density at radius 3 is 1.00 bits per heavy atom. The molecule has 0 fully saturated rings. The van der Waals surface area contributed by atoms with Crippen LogP contribution in [0.2, 0.25) is 0 Å². The molecule has 0 saturated heterocycles. The van der Waals surface area contributed by atoms with E-state index in [1.54, 1.807) is 0 Å². The molecule has 0 atom stereocenters. The Balaban J connectivity index is -0.0000000450. The zero-order chi connectivity index (χ0) is 3.41. The van der Waals surface area contributed by atoms with Crippen LogP contribution in [0.5, 0.6) is 0 Å². The molecule has 0 unspecified atom stereocenters. The van der Waals surface area contributed by atoms with Gasteiger partial charge in [-0.1, -0.05) is 0 Å². The average Bonchev–Trinajstić information content (AvgIpc) is 1.37. The molecule has 0 heterocycles. The van der Waals surface area contributed by atoms with Gasteiger partial charge in [-0.3, -0.25) is 0 Å². The van der Waals surface area contributed by atoms with Gasteiger partial charge in [0.2, 0.25) is 0 Å². The molecular weight excluding hydrogens is 98.0 g/mol. The molecule has 6 heavy (non-hydrogen) atoms. The van der Waals surface area contributed by atoms with E-state index in [0.717, 1.165) is 0 Å². The molecule has 0 rings (SSSR count). The summed E-state index contributed by atoms with van der Waals surface area (Å²) in [6.45, 7) is 0.472. The molecule has 4 heteroatoms. The number of hydrogen-bond donors (Lipinski definition) is 0. The fraction of sp³-hybridized carbons (Fsp3) is 1.00. The number of nitrogens with one attached hydrogen (secondary N) is 2. The van der Waals surface area contributed by atoms with E-state index < -0.39 is 0 Å². The quantitative estimate of drug-likeness (QED) is 0.299. The van der Waals surface area contributed by atoms with Crippen LogP contribution in [0.15, 0.2) is 0 Å². The van der Waals surface area contributed by atoms with E-state index in [0.29, 0.717) is 0 Å². The molecule has 26 valence electrons. The fourth-order valence-corrected chi connectivity index (χ4v) is 0. The third kappa shape index (κ3) is 16.8. The van der Waals surface area contributed by atoms with Crippen LogP contribution in [0.1, 0.15) is 0 Å². The molecule has 0 aromatic heterocycles. The van der Waals surface area contributed by atoms with Gasteiger partial charge < -0.3 is 11.5 Å². The molecular formula is C2H6N2Na2. The maximum Gasteiger partial charge on any atom is 1.00 e. The summed E-state index contributed by atoms with van der Waals surface area (Å²) in [4.78, 5) is 0. The topological polar surface area (TPSA) is 47.6 Å². The summed E-state index contributed by atoms with van der Waals surface area (Å²) >= 11 is 0. The van der Waals surface area contributed by atoms with E-state index in [1.165, 1.54) is 0 Å². The summed E-state index contributed by atoms with van der Waals surface area (Å²) in [6.07, 6.45) is 0. The van der Waals surface area contributed by atoms with Crippen molar-refractivity contribution in [2.45, 2.75) is 0 Å². The van der Waals surface area contributed by atoms with Gasteiger partial charge in [0, 0.05) is 0 Å². The van der Waals surface area contributed by atoms with Crippen molar-refractivity contribution in [1.82, 2.24) is 0 Å². The van der Waals surface area contributed by atoms with Crippen molar-refractivity contribution in [2.24, 2.45) is 0 Å². The predicted molar refractivity (Wildman–Crippen MR) is 18.4 cm³/mol. The molecule has 0 aromatic carbocycles. The van der Waals surface area contributed by atoms with Gasteiger partial charge in [0.05, 0.1) is 0 Å². The summed E-state index contributed by atoms with van der Waals surface area (Å²) in [5, 5.41) is 0. The van der Waals surface area contributed by atoms with Crippen molar-refractivity contribution in [3.05, 3.63) is 11.5 Å². The van der Waals surface area contributed by atoms with Gasteiger partial charge in [-0.05, 0) is 0 Å². The second kappa shape index (κ2) is 15.8. The van der Waals surface area contributed by atoms with Crippen LogP contribution >= 0.6 is 0 Å². The molecule has 0 spiro atoms. The molecule has 0 amide bonds. The monoisotopic (exact) mass is 104 g/mol. The molecule has 0 radical (unpaired) electrons. The third-order valence-electron chi connectivity index (χ3n) is 0.125. The number of hydrogen-bond acceptors (Lipinski definition) is 0. The normalized spacial score (nSPS) is 5.00. The second-order valence-electron chi connectivity index (χ2n) is 0.500. The van der Waals surface area contributed by atoms with Gasteiger partial charge >= 0.3 is 59.1 Å². The van der Waals surface area contributed by atoms with Crippen molar-refractivity contribution in [2.75, 3.05) is 13.1 Å². The average molecular weight is 104 g/mol.